The summed E-state index contributed by atoms with van der Waals surface area (Å²) in [6.07, 6.45) is 5.12. The summed E-state index contributed by atoms with van der Waals surface area (Å²) in [5, 5.41) is 6.82. The predicted octanol–water partition coefficient (Wildman–Crippen LogP) is 1.61. The van der Waals surface area contributed by atoms with Gasteiger partial charge in [-0.2, -0.15) is 9.82 Å². The first-order valence-electron chi connectivity index (χ1n) is 8.73. The third-order valence-corrected chi connectivity index (χ3v) is 5.53. The summed E-state index contributed by atoms with van der Waals surface area (Å²) in [5.74, 6) is -1.59. The highest BCUT2D eigenvalue weighted by molar-refractivity contribution is 7.89. The van der Waals surface area contributed by atoms with Gasteiger partial charge in [0.15, 0.2) is 0 Å². The van der Waals surface area contributed by atoms with E-state index in [9.17, 15) is 17.6 Å². The molecule has 0 fully saturated rings. The molecular formula is C18H25FN4O3S. The highest BCUT2D eigenvalue weighted by Gasteiger charge is 2.29. The SMILES string of the molecule is CC(C)[C@H](NS(=O)(=O)c1ccccc1F)C(=O)NCCCc1cnn(C)c1. The second-order valence-electron chi connectivity index (χ2n) is 6.69. The molecule has 7 nitrogen and oxygen atoms in total. The standard InChI is InChI=1S/C18H25FN4O3S/c1-13(2)17(22-27(25,26)16-9-5-4-8-15(16)19)18(24)20-10-6-7-14-11-21-23(3)12-14/h4-5,8-9,11-13,17,22H,6-7,10H2,1-3H3,(H,20,24)/t17-/m0/s1. The van der Waals surface area contributed by atoms with E-state index in [1.54, 1.807) is 24.7 Å². The van der Waals surface area contributed by atoms with Crippen LogP contribution in [0.3, 0.4) is 0 Å². The molecule has 1 heterocycles. The van der Waals surface area contributed by atoms with E-state index in [-0.39, 0.29) is 5.92 Å². The van der Waals surface area contributed by atoms with Crippen molar-refractivity contribution in [3.63, 3.8) is 0 Å². The molecule has 0 aliphatic rings. The van der Waals surface area contributed by atoms with Crippen molar-refractivity contribution in [2.45, 2.75) is 37.6 Å². The maximum absolute atomic E-state index is 13.8. The van der Waals surface area contributed by atoms with Gasteiger partial charge in [-0.15, -0.1) is 0 Å². The summed E-state index contributed by atoms with van der Waals surface area (Å²) >= 11 is 0. The first-order chi connectivity index (χ1) is 12.7. The zero-order valence-electron chi connectivity index (χ0n) is 15.6. The number of carbonyl (C=O) groups excluding carboxylic acids is 1. The van der Waals surface area contributed by atoms with E-state index in [0.29, 0.717) is 13.0 Å². The van der Waals surface area contributed by atoms with Gasteiger partial charge in [-0.25, -0.2) is 12.8 Å². The van der Waals surface area contributed by atoms with Crippen LogP contribution in [0.2, 0.25) is 0 Å². The Morgan fingerprint density at radius 3 is 2.59 bits per heavy atom. The molecule has 1 atom stereocenters. The topological polar surface area (TPSA) is 93.1 Å². The van der Waals surface area contributed by atoms with E-state index < -0.39 is 32.7 Å². The number of sulfonamides is 1. The summed E-state index contributed by atoms with van der Waals surface area (Å²) in [4.78, 5) is 12.0. The monoisotopic (exact) mass is 396 g/mol. The number of amides is 1. The normalized spacial score (nSPS) is 12.9. The molecule has 148 valence electrons. The maximum Gasteiger partial charge on any atom is 0.244 e. The van der Waals surface area contributed by atoms with E-state index in [1.807, 2.05) is 13.2 Å². The van der Waals surface area contributed by atoms with E-state index in [2.05, 4.69) is 15.1 Å². The van der Waals surface area contributed by atoms with Gasteiger partial charge in [0.25, 0.3) is 0 Å². The van der Waals surface area contributed by atoms with E-state index in [4.69, 9.17) is 0 Å². The molecule has 2 rings (SSSR count). The van der Waals surface area contributed by atoms with Crippen LogP contribution in [0.5, 0.6) is 0 Å². The minimum atomic E-state index is -4.15. The Hall–Kier alpha value is -2.26. The number of rotatable bonds is 9. The van der Waals surface area contributed by atoms with Gasteiger partial charge >= 0.3 is 0 Å². The van der Waals surface area contributed by atoms with Gasteiger partial charge in [-0.1, -0.05) is 26.0 Å². The minimum Gasteiger partial charge on any atom is -0.355 e. The van der Waals surface area contributed by atoms with Gasteiger partial charge in [-0.05, 0) is 36.5 Å². The van der Waals surface area contributed by atoms with Gasteiger partial charge in [0.1, 0.15) is 16.8 Å². The Morgan fingerprint density at radius 1 is 1.30 bits per heavy atom. The summed E-state index contributed by atoms with van der Waals surface area (Å²) in [7, 11) is -2.31. The molecule has 1 amide bonds. The van der Waals surface area contributed by atoms with Gasteiger partial charge in [0.05, 0.1) is 6.20 Å². The first-order valence-corrected chi connectivity index (χ1v) is 10.2. The number of halogens is 1. The number of nitrogens with one attached hydrogen (secondary N) is 2. The van der Waals surface area contributed by atoms with Gasteiger partial charge in [-0.3, -0.25) is 9.48 Å². The van der Waals surface area contributed by atoms with Crippen molar-refractivity contribution in [2.75, 3.05) is 6.54 Å². The Kier molecular flexibility index (Phi) is 7.09. The first kappa shape index (κ1) is 21.0. The third-order valence-electron chi connectivity index (χ3n) is 4.06. The minimum absolute atomic E-state index is 0.301. The smallest absolute Gasteiger partial charge is 0.244 e. The van der Waals surface area contributed by atoms with Crippen LogP contribution in [0.15, 0.2) is 41.6 Å². The van der Waals surface area contributed by atoms with Crippen molar-refractivity contribution in [3.8, 4) is 0 Å². The number of aryl methyl sites for hydroxylation is 2. The fourth-order valence-electron chi connectivity index (χ4n) is 2.60. The summed E-state index contributed by atoms with van der Waals surface area (Å²) in [5.41, 5.74) is 1.06. The molecular weight excluding hydrogens is 371 g/mol. The molecule has 0 aliphatic carbocycles. The Morgan fingerprint density at radius 2 is 2.00 bits per heavy atom. The largest absolute Gasteiger partial charge is 0.355 e. The molecule has 0 bridgehead atoms. The zero-order chi connectivity index (χ0) is 20.0. The van der Waals surface area contributed by atoms with E-state index in [1.165, 1.54) is 18.2 Å². The molecule has 1 aromatic heterocycles. The van der Waals surface area contributed by atoms with Gasteiger partial charge < -0.3 is 5.32 Å². The van der Waals surface area contributed by atoms with Crippen molar-refractivity contribution in [3.05, 3.63) is 48.0 Å². The lowest BCUT2D eigenvalue weighted by atomic mass is 10.0. The van der Waals surface area contributed by atoms with E-state index in [0.717, 1.165) is 18.1 Å². The lowest BCUT2D eigenvalue weighted by Gasteiger charge is -2.21. The van der Waals surface area contributed by atoms with Crippen LogP contribution in [0.25, 0.3) is 0 Å². The summed E-state index contributed by atoms with van der Waals surface area (Å²) < 4.78 is 42.7. The number of benzene rings is 1. The fraction of sp³-hybridized carbons (Fsp3) is 0.444. The number of nitrogens with zero attached hydrogens (tertiary/aromatic N) is 2. The predicted molar refractivity (Wildman–Crippen MR) is 99.9 cm³/mol. The average molecular weight is 396 g/mol. The Bertz CT molecular complexity index is 880. The van der Waals surface area contributed by atoms with Crippen molar-refractivity contribution >= 4 is 15.9 Å². The molecule has 0 aliphatic heterocycles. The van der Waals surface area contributed by atoms with Crippen molar-refractivity contribution in [1.29, 1.82) is 0 Å². The molecule has 2 aromatic rings. The molecule has 0 radical (unpaired) electrons. The third kappa shape index (κ3) is 5.86. The number of hydrogen-bond donors (Lipinski definition) is 2. The maximum atomic E-state index is 13.8. The lowest BCUT2D eigenvalue weighted by Crippen LogP contribution is -2.49. The van der Waals surface area contributed by atoms with Crippen LogP contribution in [0.4, 0.5) is 4.39 Å². The van der Waals surface area contributed by atoms with Gasteiger partial charge in [0, 0.05) is 19.8 Å². The fourth-order valence-corrected chi connectivity index (χ4v) is 4.02. The summed E-state index contributed by atoms with van der Waals surface area (Å²) in [6.45, 7) is 3.85. The zero-order valence-corrected chi connectivity index (χ0v) is 16.5. The van der Waals surface area contributed by atoms with Crippen molar-refractivity contribution in [2.24, 2.45) is 13.0 Å². The molecule has 0 saturated heterocycles. The Balaban J connectivity index is 1.95. The highest BCUT2D eigenvalue weighted by atomic mass is 32.2. The van der Waals surface area contributed by atoms with Crippen LogP contribution in [0.1, 0.15) is 25.8 Å². The highest BCUT2D eigenvalue weighted by Crippen LogP contribution is 2.15. The van der Waals surface area contributed by atoms with E-state index >= 15 is 0 Å². The molecule has 1 aromatic carbocycles. The molecule has 0 spiro atoms. The lowest BCUT2D eigenvalue weighted by molar-refractivity contribution is -0.123. The second kappa shape index (κ2) is 9.09. The molecule has 2 N–H and O–H groups in total. The number of carbonyl (C=O) groups is 1. The van der Waals surface area contributed by atoms with Crippen LogP contribution in [-0.2, 0) is 28.3 Å². The molecule has 0 unspecified atom stereocenters. The Labute approximate surface area is 159 Å². The molecule has 0 saturated carbocycles. The quantitative estimate of drug-likeness (QED) is 0.630. The number of hydrogen-bond acceptors (Lipinski definition) is 4. The van der Waals surface area contributed by atoms with Gasteiger partial charge in [0.2, 0.25) is 15.9 Å². The van der Waals surface area contributed by atoms with Crippen LogP contribution >= 0.6 is 0 Å². The van der Waals surface area contributed by atoms with Crippen molar-refractivity contribution < 1.29 is 17.6 Å². The van der Waals surface area contributed by atoms with Crippen LogP contribution in [-0.4, -0.2) is 36.7 Å². The van der Waals surface area contributed by atoms with Crippen LogP contribution < -0.4 is 10.0 Å². The number of aromatic nitrogens is 2. The van der Waals surface area contributed by atoms with Crippen molar-refractivity contribution in [1.82, 2.24) is 19.8 Å². The average Bonchev–Trinajstić information content (AvgIpc) is 3.01. The molecule has 9 heteroatoms. The molecule has 27 heavy (non-hydrogen) atoms. The van der Waals surface area contributed by atoms with Crippen LogP contribution in [0, 0.1) is 11.7 Å². The second-order valence-corrected chi connectivity index (χ2v) is 8.37. The summed E-state index contributed by atoms with van der Waals surface area (Å²) in [6, 6.07) is 4.08.